The molecule has 2 nitrogen and oxygen atoms in total. The van der Waals surface area contributed by atoms with Crippen LogP contribution in [0.5, 0.6) is 0 Å². The van der Waals surface area contributed by atoms with Crippen molar-refractivity contribution in [3.8, 4) is 0 Å². The van der Waals surface area contributed by atoms with Crippen molar-refractivity contribution in [3.63, 3.8) is 0 Å². The number of fused-ring (bicyclic) bond motifs is 5. The van der Waals surface area contributed by atoms with Crippen LogP contribution in [0.4, 0.5) is 17.1 Å². The molecule has 2 atom stereocenters. The number of nitrogens with two attached hydrogens (primary N) is 1. The first kappa shape index (κ1) is 20.8. The van der Waals surface area contributed by atoms with Gasteiger partial charge in [-0.05, 0) is 53.1 Å². The average Bonchev–Trinajstić information content (AvgIpc) is 2.86. The molecular formula is C31H28N2. The van der Waals surface area contributed by atoms with Gasteiger partial charge in [-0.25, -0.2) is 0 Å². The molecule has 0 aromatic heterocycles. The minimum absolute atomic E-state index is 0.497. The third-order valence-electron chi connectivity index (χ3n) is 6.27. The normalized spacial score (nSPS) is 17.6. The Balaban J connectivity index is 0.000000146. The van der Waals surface area contributed by atoms with Gasteiger partial charge in [0.1, 0.15) is 0 Å². The van der Waals surface area contributed by atoms with E-state index in [0.29, 0.717) is 11.8 Å². The number of rotatable bonds is 2. The van der Waals surface area contributed by atoms with Crippen molar-refractivity contribution in [1.29, 1.82) is 0 Å². The Bertz CT molecular complexity index is 1360. The number of hydrogen-bond donors (Lipinski definition) is 2. The number of anilines is 3. The predicted molar refractivity (Wildman–Crippen MR) is 143 cm³/mol. The van der Waals surface area contributed by atoms with Gasteiger partial charge in [-0.3, -0.25) is 0 Å². The van der Waals surface area contributed by atoms with Gasteiger partial charge in [0.2, 0.25) is 0 Å². The molecule has 4 aromatic carbocycles. The van der Waals surface area contributed by atoms with Gasteiger partial charge in [-0.1, -0.05) is 103 Å². The smallest absolute Gasteiger partial charge is 0.0617 e. The molecule has 0 bridgehead atoms. The highest BCUT2D eigenvalue weighted by molar-refractivity contribution is 5.91. The molecule has 2 heteroatoms. The van der Waals surface area contributed by atoms with E-state index >= 15 is 0 Å². The minimum Gasteiger partial charge on any atom is -0.397 e. The maximum Gasteiger partial charge on any atom is 0.0617 e. The zero-order chi connectivity index (χ0) is 22.6. The first-order valence-electron chi connectivity index (χ1n) is 11.4. The summed E-state index contributed by atoms with van der Waals surface area (Å²) in [6.07, 6.45) is 13.6. The van der Waals surface area contributed by atoms with E-state index in [0.717, 1.165) is 17.1 Å². The lowest BCUT2D eigenvalue weighted by molar-refractivity contribution is 0.697. The lowest BCUT2D eigenvalue weighted by Crippen LogP contribution is -2.13. The maximum atomic E-state index is 5.81. The van der Waals surface area contributed by atoms with Crippen LogP contribution in [0.1, 0.15) is 22.6 Å². The monoisotopic (exact) mass is 428 g/mol. The summed E-state index contributed by atoms with van der Waals surface area (Å²) in [4.78, 5) is 0. The van der Waals surface area contributed by atoms with Gasteiger partial charge < -0.3 is 11.1 Å². The number of benzene rings is 4. The summed E-state index contributed by atoms with van der Waals surface area (Å²) >= 11 is 0. The van der Waals surface area contributed by atoms with E-state index in [1.54, 1.807) is 0 Å². The summed E-state index contributed by atoms with van der Waals surface area (Å²) in [6.45, 7) is 2.16. The summed E-state index contributed by atoms with van der Waals surface area (Å²) in [5.74, 6) is 1.01. The molecule has 2 aliphatic rings. The molecule has 3 N–H and O–H groups in total. The zero-order valence-corrected chi connectivity index (χ0v) is 18.8. The molecule has 0 saturated carbocycles. The highest BCUT2D eigenvalue weighted by Crippen LogP contribution is 2.41. The Hall–Kier alpha value is -4.04. The molecule has 0 amide bonds. The molecule has 4 aromatic rings. The largest absolute Gasteiger partial charge is 0.397 e. The number of allylic oxidation sites excluding steroid dienone is 5. The Labute approximate surface area is 195 Å². The van der Waals surface area contributed by atoms with Crippen LogP contribution in [0.2, 0.25) is 0 Å². The van der Waals surface area contributed by atoms with Crippen molar-refractivity contribution in [1.82, 2.24) is 0 Å². The Morgan fingerprint density at radius 2 is 1.55 bits per heavy atom. The number of hydrogen-bond acceptors (Lipinski definition) is 2. The van der Waals surface area contributed by atoms with Crippen LogP contribution >= 0.6 is 0 Å². The fourth-order valence-electron chi connectivity index (χ4n) is 4.61. The fourth-order valence-corrected chi connectivity index (χ4v) is 4.61. The third kappa shape index (κ3) is 4.47. The Morgan fingerprint density at radius 3 is 2.39 bits per heavy atom. The number of para-hydroxylation sites is 3. The Kier molecular flexibility index (Phi) is 5.82. The van der Waals surface area contributed by atoms with Crippen LogP contribution in [0.15, 0.2) is 115 Å². The lowest BCUT2D eigenvalue weighted by atomic mass is 9.75. The van der Waals surface area contributed by atoms with Gasteiger partial charge in [-0.15, -0.1) is 0 Å². The average molecular weight is 429 g/mol. The molecule has 0 saturated heterocycles. The van der Waals surface area contributed by atoms with Gasteiger partial charge in [0, 0.05) is 17.5 Å². The van der Waals surface area contributed by atoms with E-state index in [2.05, 4.69) is 79.0 Å². The van der Waals surface area contributed by atoms with E-state index in [4.69, 9.17) is 5.73 Å². The van der Waals surface area contributed by atoms with E-state index < -0.39 is 0 Å². The van der Waals surface area contributed by atoms with Crippen LogP contribution in [-0.4, -0.2) is 0 Å². The van der Waals surface area contributed by atoms with Crippen molar-refractivity contribution in [3.05, 3.63) is 132 Å². The van der Waals surface area contributed by atoms with Crippen LogP contribution in [0.3, 0.4) is 0 Å². The molecule has 0 spiro atoms. The van der Waals surface area contributed by atoms with E-state index in [-0.39, 0.29) is 0 Å². The van der Waals surface area contributed by atoms with Gasteiger partial charge in [0.15, 0.2) is 0 Å². The summed E-state index contributed by atoms with van der Waals surface area (Å²) < 4.78 is 0. The summed E-state index contributed by atoms with van der Waals surface area (Å²) in [5.41, 5.74) is 12.7. The SMILES string of the molecule is Cc1ccc2c3c(ccc2c1)C=CC1C=CC=CC31.Nc1ccccc1Nc1ccccc1. The molecular weight excluding hydrogens is 400 g/mol. The maximum absolute atomic E-state index is 5.81. The van der Waals surface area contributed by atoms with Crippen LogP contribution in [0.25, 0.3) is 16.8 Å². The minimum atomic E-state index is 0.497. The molecule has 2 aliphatic carbocycles. The predicted octanol–water partition coefficient (Wildman–Crippen LogP) is 8.01. The van der Waals surface area contributed by atoms with Crippen molar-refractivity contribution < 1.29 is 0 Å². The molecule has 0 fully saturated rings. The molecule has 0 heterocycles. The number of nitrogen functional groups attached to an aromatic ring is 1. The van der Waals surface area contributed by atoms with Crippen molar-refractivity contribution >= 4 is 33.9 Å². The van der Waals surface area contributed by atoms with Crippen molar-refractivity contribution in [2.45, 2.75) is 12.8 Å². The first-order valence-corrected chi connectivity index (χ1v) is 11.4. The van der Waals surface area contributed by atoms with Crippen LogP contribution < -0.4 is 11.1 Å². The van der Waals surface area contributed by atoms with Gasteiger partial charge in [-0.2, -0.15) is 0 Å². The molecule has 0 aliphatic heterocycles. The highest BCUT2D eigenvalue weighted by Gasteiger charge is 2.25. The van der Waals surface area contributed by atoms with Crippen molar-refractivity contribution in [2.75, 3.05) is 11.1 Å². The van der Waals surface area contributed by atoms with E-state index in [9.17, 15) is 0 Å². The second kappa shape index (κ2) is 9.22. The second-order valence-electron chi connectivity index (χ2n) is 8.60. The quantitative estimate of drug-likeness (QED) is 0.317. The zero-order valence-electron chi connectivity index (χ0n) is 18.8. The van der Waals surface area contributed by atoms with Gasteiger partial charge >= 0.3 is 0 Å². The van der Waals surface area contributed by atoms with Gasteiger partial charge in [0.25, 0.3) is 0 Å². The van der Waals surface area contributed by atoms with Crippen molar-refractivity contribution in [2.24, 2.45) is 5.92 Å². The standard InChI is InChI=1S/C19H16.C12H12N2/c1-13-6-11-18-16(12-13)10-9-15-8-7-14-4-2-3-5-17(14)19(15)18;13-11-8-4-5-9-12(11)14-10-6-2-1-3-7-10/h2-12,14,17H,1H3;1-9,14H,13H2. The topological polar surface area (TPSA) is 38.0 Å². The molecule has 33 heavy (non-hydrogen) atoms. The summed E-state index contributed by atoms with van der Waals surface area (Å²) in [7, 11) is 0. The molecule has 6 rings (SSSR count). The fraction of sp³-hybridized carbons (Fsp3) is 0.0968. The third-order valence-corrected chi connectivity index (χ3v) is 6.27. The van der Waals surface area contributed by atoms with Gasteiger partial charge in [0.05, 0.1) is 11.4 Å². The summed E-state index contributed by atoms with van der Waals surface area (Å²) in [6, 6.07) is 29.0. The number of aryl methyl sites for hydroxylation is 1. The van der Waals surface area contributed by atoms with Crippen LogP contribution in [0, 0.1) is 12.8 Å². The summed E-state index contributed by atoms with van der Waals surface area (Å²) in [5, 5.41) is 6.01. The molecule has 2 unspecified atom stereocenters. The Morgan fingerprint density at radius 1 is 0.758 bits per heavy atom. The lowest BCUT2D eigenvalue weighted by Gasteiger charge is -2.28. The first-order chi connectivity index (χ1) is 16.2. The number of nitrogens with one attached hydrogen (secondary N) is 1. The van der Waals surface area contributed by atoms with Crippen LogP contribution in [-0.2, 0) is 0 Å². The van der Waals surface area contributed by atoms with E-state index in [1.165, 1.54) is 27.5 Å². The van der Waals surface area contributed by atoms with E-state index in [1.807, 2.05) is 54.6 Å². The highest BCUT2D eigenvalue weighted by atomic mass is 14.9. The molecule has 0 radical (unpaired) electrons. The second-order valence-corrected chi connectivity index (χ2v) is 8.60. The molecule has 162 valence electrons.